The van der Waals surface area contributed by atoms with Crippen molar-refractivity contribution in [2.24, 2.45) is 9.98 Å². The first kappa shape index (κ1) is 53.9. The number of carboxylic acid groups (broad SMARTS) is 2. The van der Waals surface area contributed by atoms with Crippen LogP contribution in [0.15, 0.2) is 82.8 Å². The molecule has 0 aliphatic heterocycles. The van der Waals surface area contributed by atoms with Crippen LogP contribution in [0.2, 0.25) is 0 Å². The van der Waals surface area contributed by atoms with Gasteiger partial charge in [0.1, 0.15) is 11.5 Å². The summed E-state index contributed by atoms with van der Waals surface area (Å²) in [4.78, 5) is 31.9. The van der Waals surface area contributed by atoms with E-state index in [4.69, 9.17) is 20.2 Å². The van der Waals surface area contributed by atoms with E-state index >= 15 is 0 Å². The standard InChI is InChI=1S/C24H32N2.2C13H18O4.Ni/c1-3-5-9-19-23(25-21-15-11-7-12-16-21)24(20-10-6-4-2)26-22-17-13-8-14-18-22;2*1-3-4-5-6-9-7-10(14)12(15)11(8(9)2)13(16)17;/h7-8,11-18H,3-6,9-10,19-20H2,1-2H3;2*7,14-15H,3-6H2,1-2H3,(H,16,17);/q;;;+2/p-2. The Balaban J connectivity index is 0.000000471. The van der Waals surface area contributed by atoms with E-state index in [9.17, 15) is 30.0 Å². The summed E-state index contributed by atoms with van der Waals surface area (Å²) in [5.74, 6) is -5.09. The summed E-state index contributed by atoms with van der Waals surface area (Å²) < 4.78 is 0. The minimum atomic E-state index is -1.28. The van der Waals surface area contributed by atoms with Crippen LogP contribution in [0.1, 0.15) is 161 Å². The second-order valence-corrected chi connectivity index (χ2v) is 15.0. The van der Waals surface area contributed by atoms with Crippen LogP contribution in [0, 0.1) is 13.8 Å². The summed E-state index contributed by atoms with van der Waals surface area (Å²) in [5.41, 5.74) is 6.17. The number of carbonyl (C=O) groups is 2. The monoisotopic (exact) mass is 880 g/mol. The number of para-hydroxylation sites is 2. The summed E-state index contributed by atoms with van der Waals surface area (Å²) in [6.45, 7) is 11.9. The first-order valence-corrected chi connectivity index (χ1v) is 21.6. The van der Waals surface area contributed by atoms with Crippen molar-refractivity contribution in [2.75, 3.05) is 0 Å². The number of aromatic carboxylic acids is 2. The van der Waals surface area contributed by atoms with Crippen LogP contribution in [-0.4, -0.2) is 43.8 Å². The molecule has 0 saturated heterocycles. The summed E-state index contributed by atoms with van der Waals surface area (Å²) in [5, 5.41) is 59.7. The zero-order valence-corrected chi connectivity index (χ0v) is 37.9. The van der Waals surface area contributed by atoms with Crippen molar-refractivity contribution in [3.05, 3.63) is 106 Å². The summed E-state index contributed by atoms with van der Waals surface area (Å²) in [7, 11) is 0. The van der Waals surface area contributed by atoms with Crippen LogP contribution in [0.25, 0.3) is 0 Å². The molecular weight excluding hydrogens is 815 g/mol. The Morgan fingerprint density at radius 2 is 0.836 bits per heavy atom. The topological polar surface area (TPSA) is 186 Å². The molecule has 0 fully saturated rings. The molecule has 4 rings (SSSR count). The molecule has 0 atom stereocenters. The molecule has 0 aliphatic rings. The van der Waals surface area contributed by atoms with Gasteiger partial charge in [-0.15, -0.1) is 0 Å². The number of rotatable bonds is 21. The minimum absolute atomic E-state index is 0. The van der Waals surface area contributed by atoms with Crippen molar-refractivity contribution >= 4 is 34.7 Å². The van der Waals surface area contributed by atoms with Crippen molar-refractivity contribution < 1.29 is 56.7 Å². The maximum Gasteiger partial charge on any atom is 2.00 e. The number of unbranched alkanes of at least 4 members (excludes halogenated alkanes) is 8. The number of aromatic hydroxyl groups is 2. The molecule has 0 saturated carbocycles. The van der Waals surface area contributed by atoms with Crippen molar-refractivity contribution in [1.82, 2.24) is 0 Å². The zero-order chi connectivity index (χ0) is 44.5. The third-order valence-corrected chi connectivity index (χ3v) is 10.2. The first-order valence-electron chi connectivity index (χ1n) is 21.6. The van der Waals surface area contributed by atoms with E-state index in [2.05, 4.69) is 52.0 Å². The molecule has 0 spiro atoms. The minimum Gasteiger partial charge on any atom is -0.869 e. The fraction of sp³-hybridized carbons (Fsp3) is 0.440. The van der Waals surface area contributed by atoms with E-state index in [1.807, 2.05) is 36.4 Å². The van der Waals surface area contributed by atoms with Crippen LogP contribution in [0.3, 0.4) is 0 Å². The number of hydrogen-bond donors (Lipinski definition) is 4. The van der Waals surface area contributed by atoms with Crippen LogP contribution in [0.5, 0.6) is 23.0 Å². The van der Waals surface area contributed by atoms with E-state index in [1.54, 1.807) is 13.8 Å². The number of hydrogen-bond acceptors (Lipinski definition) is 8. The molecule has 0 heterocycles. The van der Waals surface area contributed by atoms with Gasteiger partial charge in [0.15, 0.2) is 0 Å². The molecule has 0 amide bonds. The van der Waals surface area contributed by atoms with Gasteiger partial charge in [0.05, 0.1) is 33.9 Å². The van der Waals surface area contributed by atoms with E-state index in [0.717, 1.165) is 85.3 Å². The first-order chi connectivity index (χ1) is 28.8. The Kier molecular flexibility index (Phi) is 26.5. The second kappa shape index (κ2) is 30.0. The Bertz CT molecular complexity index is 1840. The quantitative estimate of drug-likeness (QED) is 0.0362. The number of benzene rings is 4. The van der Waals surface area contributed by atoms with Gasteiger partial charge in [0, 0.05) is 0 Å². The number of aliphatic imine (C=N–C) groups is 2. The van der Waals surface area contributed by atoms with Crippen LogP contribution >= 0.6 is 0 Å². The number of phenolic OH excluding ortho intramolecular Hbond substituents is 2. The van der Waals surface area contributed by atoms with Gasteiger partial charge in [-0.3, -0.25) is 9.98 Å². The SMILES string of the molecule is CCCCCC(=Nc1ccccc1)C(CCCCC)=Nc1ccccc1.CCCCCc1cc(O)c([O-])c(C(=O)O)c1C.CCCCCc1cc(O)c([O-])c(C(=O)O)c1C.[Ni+2]. The average Bonchev–Trinajstić information content (AvgIpc) is 3.22. The van der Waals surface area contributed by atoms with Crippen molar-refractivity contribution in [1.29, 1.82) is 0 Å². The maximum absolute atomic E-state index is 11.5. The number of aryl methyl sites for hydroxylation is 2. The van der Waals surface area contributed by atoms with Crippen molar-refractivity contribution in [2.45, 2.75) is 144 Å². The van der Waals surface area contributed by atoms with Gasteiger partial charge in [-0.1, -0.05) is 127 Å². The zero-order valence-electron chi connectivity index (χ0n) is 36.9. The predicted molar refractivity (Wildman–Crippen MR) is 240 cm³/mol. The van der Waals surface area contributed by atoms with E-state index in [0.29, 0.717) is 24.0 Å². The van der Waals surface area contributed by atoms with E-state index in [1.165, 1.54) is 50.7 Å². The fourth-order valence-electron chi connectivity index (χ4n) is 6.69. The number of phenols is 2. The summed E-state index contributed by atoms with van der Waals surface area (Å²) >= 11 is 0. The summed E-state index contributed by atoms with van der Waals surface area (Å²) in [6.07, 6.45) is 16.7. The molecule has 0 aromatic heterocycles. The molecular formula is C50H66N2NiO8. The van der Waals surface area contributed by atoms with Crippen molar-refractivity contribution in [3.8, 4) is 23.0 Å². The molecule has 0 bridgehead atoms. The fourth-order valence-corrected chi connectivity index (χ4v) is 6.69. The summed E-state index contributed by atoms with van der Waals surface area (Å²) in [6, 6.07) is 23.4. The smallest absolute Gasteiger partial charge is 0.869 e. The molecule has 4 N–H and O–H groups in total. The number of nitrogens with zero attached hydrogens (tertiary/aromatic N) is 2. The van der Waals surface area contributed by atoms with Gasteiger partial charge in [-0.05, 0) is 124 Å². The molecule has 10 nitrogen and oxygen atoms in total. The molecule has 0 unspecified atom stereocenters. The van der Waals surface area contributed by atoms with Gasteiger partial charge in [0.25, 0.3) is 0 Å². The maximum atomic E-state index is 11.5. The Morgan fingerprint density at radius 1 is 0.525 bits per heavy atom. The second-order valence-electron chi connectivity index (χ2n) is 15.0. The molecule has 0 radical (unpaired) electrons. The van der Waals surface area contributed by atoms with Gasteiger partial charge >= 0.3 is 28.4 Å². The average molecular weight is 882 g/mol. The predicted octanol–water partition coefficient (Wildman–Crippen LogP) is 12.1. The largest absolute Gasteiger partial charge is 2.00 e. The van der Waals surface area contributed by atoms with Gasteiger partial charge < -0.3 is 30.6 Å². The van der Waals surface area contributed by atoms with Gasteiger partial charge in [0.2, 0.25) is 0 Å². The van der Waals surface area contributed by atoms with Crippen molar-refractivity contribution in [3.63, 3.8) is 0 Å². The molecule has 4 aromatic rings. The third kappa shape index (κ3) is 18.6. The number of carboxylic acids is 2. The van der Waals surface area contributed by atoms with E-state index in [-0.39, 0.29) is 27.6 Å². The molecule has 0 aliphatic carbocycles. The van der Waals surface area contributed by atoms with Gasteiger partial charge in [-0.2, -0.15) is 0 Å². The molecule has 61 heavy (non-hydrogen) atoms. The Labute approximate surface area is 373 Å². The normalized spacial score (nSPS) is 11.1. The van der Waals surface area contributed by atoms with Crippen LogP contribution in [0.4, 0.5) is 11.4 Å². The molecule has 4 aromatic carbocycles. The van der Waals surface area contributed by atoms with Crippen LogP contribution < -0.4 is 10.2 Å². The molecule has 334 valence electrons. The third-order valence-electron chi connectivity index (χ3n) is 10.2. The van der Waals surface area contributed by atoms with Crippen LogP contribution in [-0.2, 0) is 29.3 Å². The Hall–Kier alpha value is -5.15. The van der Waals surface area contributed by atoms with Gasteiger partial charge in [-0.25, -0.2) is 9.59 Å². The van der Waals surface area contributed by atoms with E-state index < -0.39 is 34.9 Å². The Morgan fingerprint density at radius 3 is 1.13 bits per heavy atom. The molecule has 11 heteroatoms.